The lowest BCUT2D eigenvalue weighted by molar-refractivity contribution is 0.349. The zero-order valence-corrected chi connectivity index (χ0v) is 24.1. The van der Waals surface area contributed by atoms with E-state index < -0.39 is 0 Å². The maximum Gasteiger partial charge on any atom is 0.114 e. The Labute approximate surface area is 220 Å². The lowest BCUT2D eigenvalue weighted by Crippen LogP contribution is -2.36. The summed E-state index contributed by atoms with van der Waals surface area (Å²) in [6.07, 6.45) is 20.7. The zero-order chi connectivity index (χ0) is 25.8. The molecule has 3 rings (SSSR count). The Kier molecular flexibility index (Phi) is 13.3. The molecule has 1 saturated carbocycles. The molecule has 3 atom stereocenters. The molecule has 2 aliphatic heterocycles. The van der Waals surface area contributed by atoms with Gasteiger partial charge in [0.25, 0.3) is 0 Å². The predicted octanol–water partition coefficient (Wildman–Crippen LogP) is 6.56. The van der Waals surface area contributed by atoms with Crippen molar-refractivity contribution in [2.45, 2.75) is 83.4 Å². The van der Waals surface area contributed by atoms with Crippen molar-refractivity contribution in [3.63, 3.8) is 0 Å². The second-order valence-electron chi connectivity index (χ2n) is 10.8. The van der Waals surface area contributed by atoms with E-state index in [0.29, 0.717) is 23.8 Å². The maximum atomic E-state index is 6.03. The van der Waals surface area contributed by atoms with Gasteiger partial charge in [-0.3, -0.25) is 0 Å². The molecular formula is C30H52N4S. The monoisotopic (exact) mass is 500 g/mol. The highest BCUT2D eigenvalue weighted by molar-refractivity contribution is 8.00. The van der Waals surface area contributed by atoms with Gasteiger partial charge in [0.2, 0.25) is 0 Å². The molecule has 0 spiro atoms. The molecule has 0 aromatic rings. The van der Waals surface area contributed by atoms with Crippen LogP contribution in [0.5, 0.6) is 0 Å². The van der Waals surface area contributed by atoms with Crippen molar-refractivity contribution in [2.24, 2.45) is 23.5 Å². The molecule has 2 heterocycles. The van der Waals surface area contributed by atoms with Gasteiger partial charge < -0.3 is 21.3 Å². The third-order valence-corrected chi connectivity index (χ3v) is 8.51. The average Bonchev–Trinajstić information content (AvgIpc) is 3.25. The first kappa shape index (κ1) is 29.8. The van der Waals surface area contributed by atoms with Crippen LogP contribution in [0.1, 0.15) is 72.6 Å². The number of nitrogens with zero attached hydrogens (tertiary/aromatic N) is 1. The number of nitrogens with one attached hydrogen (secondary N) is 2. The summed E-state index contributed by atoms with van der Waals surface area (Å²) in [6, 6.07) is 0. The van der Waals surface area contributed by atoms with Gasteiger partial charge >= 0.3 is 0 Å². The molecule has 5 heteroatoms. The summed E-state index contributed by atoms with van der Waals surface area (Å²) in [5.41, 5.74) is 11.1. The topological polar surface area (TPSA) is 53.3 Å². The van der Waals surface area contributed by atoms with Crippen LogP contribution < -0.4 is 16.4 Å². The first-order valence-corrected chi connectivity index (χ1v) is 14.7. The molecule has 2 fully saturated rings. The Morgan fingerprint density at radius 3 is 2.46 bits per heavy atom. The van der Waals surface area contributed by atoms with E-state index in [1.807, 2.05) is 17.8 Å². The summed E-state index contributed by atoms with van der Waals surface area (Å²) in [4.78, 5) is 2.23. The quantitative estimate of drug-likeness (QED) is 0.296. The molecule has 3 aliphatic rings. The minimum atomic E-state index is 0.284. The number of thioether (sulfide) groups is 1. The Morgan fingerprint density at radius 1 is 1.20 bits per heavy atom. The molecular weight excluding hydrogens is 448 g/mol. The van der Waals surface area contributed by atoms with Crippen molar-refractivity contribution in [2.75, 3.05) is 27.2 Å². The molecule has 0 bridgehead atoms. The largest absolute Gasteiger partial charge is 0.374 e. The van der Waals surface area contributed by atoms with Gasteiger partial charge in [-0.05, 0) is 55.5 Å². The smallest absolute Gasteiger partial charge is 0.114 e. The molecule has 0 aromatic carbocycles. The normalized spacial score (nSPS) is 24.0. The SMILES string of the molecule is C=C/C(=C\C=C/CC1NC2=CC(C(C)CN(C)C)=C(CN)NC2S1)C(C)C.CCC1CCCCC1. The number of hydrogen-bond acceptors (Lipinski definition) is 5. The van der Waals surface area contributed by atoms with Crippen LogP contribution in [0.2, 0.25) is 0 Å². The number of dihydropyridines is 1. The summed E-state index contributed by atoms with van der Waals surface area (Å²) < 4.78 is 0. The van der Waals surface area contributed by atoms with E-state index >= 15 is 0 Å². The third kappa shape index (κ3) is 9.86. The molecule has 35 heavy (non-hydrogen) atoms. The second-order valence-corrected chi connectivity index (χ2v) is 12.1. The fourth-order valence-corrected chi connectivity index (χ4v) is 6.36. The molecule has 4 N–H and O–H groups in total. The van der Waals surface area contributed by atoms with E-state index in [1.54, 1.807) is 0 Å². The van der Waals surface area contributed by atoms with E-state index in [-0.39, 0.29) is 5.37 Å². The fraction of sp³-hybridized carbons (Fsp3) is 0.667. The Bertz CT molecular complexity index is 771. The Balaban J connectivity index is 0.000000456. The Hall–Kier alpha value is -1.43. The van der Waals surface area contributed by atoms with Crippen LogP contribution in [0.15, 0.2) is 59.5 Å². The van der Waals surface area contributed by atoms with Gasteiger partial charge in [-0.15, -0.1) is 11.8 Å². The standard InChI is InChI=1S/C22H36N4S.C8H16/c1-7-17(15(2)3)10-8-9-11-21-24-19-12-18(16(4)14-26(5)6)20(13-23)25-22(19)27-21;1-2-8-6-4-3-5-7-8/h7-10,12,15-16,21-22,24-25H,1,11,13-14,23H2,2-6H3;8H,2-7H2,1H3/b9-8-,17-10+;. The predicted molar refractivity (Wildman–Crippen MR) is 157 cm³/mol. The van der Waals surface area contributed by atoms with Crippen molar-refractivity contribution in [3.05, 3.63) is 59.5 Å². The van der Waals surface area contributed by atoms with Crippen molar-refractivity contribution < 1.29 is 0 Å². The highest BCUT2D eigenvalue weighted by Gasteiger charge is 2.33. The van der Waals surface area contributed by atoms with Gasteiger partial charge in [0.1, 0.15) is 5.37 Å². The fourth-order valence-electron chi connectivity index (χ4n) is 5.11. The molecule has 198 valence electrons. The summed E-state index contributed by atoms with van der Waals surface area (Å²) >= 11 is 1.93. The maximum absolute atomic E-state index is 6.03. The van der Waals surface area contributed by atoms with E-state index in [0.717, 1.165) is 18.9 Å². The molecule has 0 radical (unpaired) electrons. The number of fused-ring (bicyclic) bond motifs is 1. The lowest BCUT2D eigenvalue weighted by atomic mass is 9.88. The number of allylic oxidation sites excluding steroid dienone is 5. The van der Waals surface area contributed by atoms with Crippen LogP contribution in [0, 0.1) is 17.8 Å². The molecule has 1 aliphatic carbocycles. The van der Waals surface area contributed by atoms with Crippen LogP contribution >= 0.6 is 11.8 Å². The van der Waals surface area contributed by atoms with Crippen molar-refractivity contribution in [1.29, 1.82) is 0 Å². The van der Waals surface area contributed by atoms with Crippen LogP contribution in [-0.2, 0) is 0 Å². The lowest BCUT2D eigenvalue weighted by Gasteiger charge is -2.28. The highest BCUT2D eigenvalue weighted by Crippen LogP contribution is 2.36. The molecule has 4 nitrogen and oxygen atoms in total. The van der Waals surface area contributed by atoms with Crippen LogP contribution in [0.3, 0.4) is 0 Å². The Morgan fingerprint density at radius 2 is 1.91 bits per heavy atom. The van der Waals surface area contributed by atoms with Gasteiger partial charge in [0.05, 0.1) is 5.37 Å². The first-order valence-electron chi connectivity index (χ1n) is 13.8. The van der Waals surface area contributed by atoms with Gasteiger partial charge in [0, 0.05) is 24.5 Å². The number of rotatable bonds is 10. The second kappa shape index (κ2) is 15.6. The van der Waals surface area contributed by atoms with Crippen molar-refractivity contribution >= 4 is 11.8 Å². The third-order valence-electron chi connectivity index (χ3n) is 7.23. The van der Waals surface area contributed by atoms with Crippen LogP contribution in [0.4, 0.5) is 0 Å². The molecule has 0 amide bonds. The summed E-state index contributed by atoms with van der Waals surface area (Å²) in [7, 11) is 4.23. The minimum absolute atomic E-state index is 0.284. The zero-order valence-electron chi connectivity index (χ0n) is 23.3. The van der Waals surface area contributed by atoms with Crippen molar-refractivity contribution in [3.8, 4) is 0 Å². The van der Waals surface area contributed by atoms with Crippen molar-refractivity contribution in [1.82, 2.24) is 15.5 Å². The first-order chi connectivity index (χ1) is 16.8. The van der Waals surface area contributed by atoms with Gasteiger partial charge in [-0.25, -0.2) is 0 Å². The molecule has 3 unspecified atom stereocenters. The van der Waals surface area contributed by atoms with Crippen LogP contribution in [-0.4, -0.2) is 42.8 Å². The van der Waals surface area contributed by atoms with E-state index in [2.05, 4.69) is 88.2 Å². The van der Waals surface area contributed by atoms with Gasteiger partial charge in [0.15, 0.2) is 0 Å². The minimum Gasteiger partial charge on any atom is -0.374 e. The van der Waals surface area contributed by atoms with E-state index in [9.17, 15) is 0 Å². The van der Waals surface area contributed by atoms with E-state index in [1.165, 1.54) is 61.1 Å². The van der Waals surface area contributed by atoms with Gasteiger partial charge in [-0.1, -0.05) is 97.1 Å². The highest BCUT2D eigenvalue weighted by atomic mass is 32.2. The van der Waals surface area contributed by atoms with Crippen LogP contribution in [0.25, 0.3) is 0 Å². The molecule has 0 aromatic heterocycles. The summed E-state index contributed by atoms with van der Waals surface area (Å²) in [5.74, 6) is 2.04. The summed E-state index contributed by atoms with van der Waals surface area (Å²) in [6.45, 7) is 14.4. The van der Waals surface area contributed by atoms with Gasteiger partial charge in [-0.2, -0.15) is 0 Å². The molecule has 1 saturated heterocycles. The average molecular weight is 501 g/mol. The number of nitrogens with two attached hydrogens (primary N) is 1. The summed E-state index contributed by atoms with van der Waals surface area (Å²) in [5, 5.41) is 8.00. The van der Waals surface area contributed by atoms with E-state index in [4.69, 9.17) is 5.73 Å². The number of hydrogen-bond donors (Lipinski definition) is 3.